The Morgan fingerprint density at radius 1 is 1.47 bits per heavy atom. The molecule has 3 heteroatoms. The van der Waals surface area contributed by atoms with Crippen molar-refractivity contribution < 1.29 is 15.0 Å². The molecule has 0 saturated heterocycles. The molecule has 1 aliphatic rings. The van der Waals surface area contributed by atoms with E-state index in [2.05, 4.69) is 0 Å². The van der Waals surface area contributed by atoms with Crippen molar-refractivity contribution in [2.24, 2.45) is 0 Å². The second-order valence-electron chi connectivity index (χ2n) is 4.09. The molecule has 15 heavy (non-hydrogen) atoms. The van der Waals surface area contributed by atoms with E-state index in [1.807, 2.05) is 0 Å². The van der Waals surface area contributed by atoms with Gasteiger partial charge in [0.05, 0.1) is 11.2 Å². The van der Waals surface area contributed by atoms with Crippen molar-refractivity contribution in [1.82, 2.24) is 0 Å². The van der Waals surface area contributed by atoms with Gasteiger partial charge in [-0.2, -0.15) is 0 Å². The SMILES string of the molecule is CC1(O)C=Cc2cc(C(=O)O)ccc2C1. The number of hydrogen-bond acceptors (Lipinski definition) is 2. The van der Waals surface area contributed by atoms with Crippen molar-refractivity contribution >= 4 is 12.0 Å². The molecule has 2 rings (SSSR count). The predicted octanol–water partition coefficient (Wildman–Crippen LogP) is 1.71. The van der Waals surface area contributed by atoms with Crippen LogP contribution in [-0.2, 0) is 6.42 Å². The van der Waals surface area contributed by atoms with Crippen LogP contribution in [0.4, 0.5) is 0 Å². The van der Waals surface area contributed by atoms with Crippen molar-refractivity contribution in [3.05, 3.63) is 41.0 Å². The first-order valence-electron chi connectivity index (χ1n) is 4.76. The van der Waals surface area contributed by atoms with Gasteiger partial charge in [-0.25, -0.2) is 4.79 Å². The van der Waals surface area contributed by atoms with Crippen LogP contribution in [0.3, 0.4) is 0 Å². The molecule has 0 fully saturated rings. The fourth-order valence-electron chi connectivity index (χ4n) is 1.76. The van der Waals surface area contributed by atoms with Gasteiger partial charge in [-0.15, -0.1) is 0 Å². The Labute approximate surface area is 87.7 Å². The van der Waals surface area contributed by atoms with Gasteiger partial charge in [-0.3, -0.25) is 0 Å². The third kappa shape index (κ3) is 1.92. The molecule has 2 N–H and O–H groups in total. The Morgan fingerprint density at radius 3 is 2.87 bits per heavy atom. The monoisotopic (exact) mass is 204 g/mol. The highest BCUT2D eigenvalue weighted by Crippen LogP contribution is 2.26. The number of hydrogen-bond donors (Lipinski definition) is 2. The molecular weight excluding hydrogens is 192 g/mol. The molecule has 1 atom stereocenters. The minimum atomic E-state index is -0.927. The zero-order valence-corrected chi connectivity index (χ0v) is 8.40. The van der Waals surface area contributed by atoms with Crippen LogP contribution in [-0.4, -0.2) is 21.8 Å². The summed E-state index contributed by atoms with van der Waals surface area (Å²) in [4.78, 5) is 10.7. The molecule has 0 amide bonds. The van der Waals surface area contributed by atoms with Crippen molar-refractivity contribution in [3.63, 3.8) is 0 Å². The lowest BCUT2D eigenvalue weighted by Gasteiger charge is -2.24. The molecule has 0 aromatic heterocycles. The molecule has 1 unspecified atom stereocenters. The Bertz CT molecular complexity index is 444. The zero-order chi connectivity index (χ0) is 11.1. The lowest BCUT2D eigenvalue weighted by Crippen LogP contribution is -2.26. The number of carboxylic acid groups (broad SMARTS) is 1. The van der Waals surface area contributed by atoms with Gasteiger partial charge >= 0.3 is 5.97 Å². The van der Waals surface area contributed by atoms with Crippen LogP contribution < -0.4 is 0 Å². The molecule has 0 aliphatic heterocycles. The average Bonchev–Trinajstić information content (AvgIpc) is 2.15. The summed E-state index contributed by atoms with van der Waals surface area (Å²) in [5.74, 6) is -0.927. The van der Waals surface area contributed by atoms with Crippen LogP contribution in [0.25, 0.3) is 6.08 Å². The summed E-state index contributed by atoms with van der Waals surface area (Å²) in [5.41, 5.74) is 1.31. The Morgan fingerprint density at radius 2 is 2.20 bits per heavy atom. The number of carbonyl (C=O) groups is 1. The van der Waals surface area contributed by atoms with Crippen LogP contribution in [0.2, 0.25) is 0 Å². The summed E-state index contributed by atoms with van der Waals surface area (Å²) < 4.78 is 0. The van der Waals surface area contributed by atoms with Gasteiger partial charge in [0, 0.05) is 6.42 Å². The van der Waals surface area contributed by atoms with Crippen molar-refractivity contribution in [2.45, 2.75) is 18.9 Å². The summed E-state index contributed by atoms with van der Waals surface area (Å²) in [6, 6.07) is 4.95. The highest BCUT2D eigenvalue weighted by Gasteiger charge is 2.22. The summed E-state index contributed by atoms with van der Waals surface area (Å²) >= 11 is 0. The number of aliphatic hydroxyl groups is 1. The van der Waals surface area contributed by atoms with Gasteiger partial charge < -0.3 is 10.2 Å². The molecule has 0 radical (unpaired) electrons. The molecule has 0 bridgehead atoms. The Balaban J connectivity index is 2.45. The van der Waals surface area contributed by atoms with E-state index in [4.69, 9.17) is 5.11 Å². The first-order valence-corrected chi connectivity index (χ1v) is 4.76. The quantitative estimate of drug-likeness (QED) is 0.732. The number of fused-ring (bicyclic) bond motifs is 1. The molecule has 0 saturated carbocycles. The topological polar surface area (TPSA) is 57.5 Å². The number of benzene rings is 1. The van der Waals surface area contributed by atoms with Gasteiger partial charge in [0.15, 0.2) is 0 Å². The number of carboxylic acids is 1. The lowest BCUT2D eigenvalue weighted by molar-refractivity contribution is 0.0697. The van der Waals surface area contributed by atoms with E-state index in [1.165, 1.54) is 0 Å². The van der Waals surface area contributed by atoms with Crippen LogP contribution in [0, 0.1) is 0 Å². The lowest BCUT2D eigenvalue weighted by atomic mass is 9.87. The summed E-state index contributed by atoms with van der Waals surface area (Å²) in [6.07, 6.45) is 3.99. The summed E-state index contributed by atoms with van der Waals surface area (Å²) in [6.45, 7) is 1.73. The van der Waals surface area contributed by atoms with Gasteiger partial charge in [-0.1, -0.05) is 18.2 Å². The highest BCUT2D eigenvalue weighted by molar-refractivity contribution is 5.88. The normalized spacial score (nSPS) is 23.6. The maximum atomic E-state index is 10.7. The maximum absolute atomic E-state index is 10.7. The van der Waals surface area contributed by atoms with Crippen LogP contribution in [0.15, 0.2) is 24.3 Å². The number of rotatable bonds is 1. The van der Waals surface area contributed by atoms with E-state index in [9.17, 15) is 9.90 Å². The molecule has 3 nitrogen and oxygen atoms in total. The molecule has 78 valence electrons. The minimum absolute atomic E-state index is 0.278. The van der Waals surface area contributed by atoms with Gasteiger partial charge in [0.1, 0.15) is 0 Å². The third-order valence-corrected chi connectivity index (χ3v) is 2.56. The first kappa shape index (κ1) is 9.93. The predicted molar refractivity (Wildman–Crippen MR) is 56.8 cm³/mol. The van der Waals surface area contributed by atoms with Crippen molar-refractivity contribution in [1.29, 1.82) is 0 Å². The largest absolute Gasteiger partial charge is 0.478 e. The maximum Gasteiger partial charge on any atom is 0.335 e. The van der Waals surface area contributed by atoms with Crippen LogP contribution in [0.1, 0.15) is 28.4 Å². The van der Waals surface area contributed by atoms with Gasteiger partial charge in [0.25, 0.3) is 0 Å². The second-order valence-corrected chi connectivity index (χ2v) is 4.09. The summed E-state index contributed by atoms with van der Waals surface area (Å²) in [7, 11) is 0. The fraction of sp³-hybridized carbons (Fsp3) is 0.250. The second kappa shape index (κ2) is 3.21. The summed E-state index contributed by atoms with van der Waals surface area (Å²) in [5, 5.41) is 18.6. The van der Waals surface area contributed by atoms with E-state index in [1.54, 1.807) is 37.3 Å². The van der Waals surface area contributed by atoms with Gasteiger partial charge in [0.2, 0.25) is 0 Å². The van der Waals surface area contributed by atoms with Crippen molar-refractivity contribution in [3.8, 4) is 0 Å². The Kier molecular flexibility index (Phi) is 2.12. The Hall–Kier alpha value is -1.61. The standard InChI is InChI=1S/C12H12O3/c1-12(15)5-4-8-6-9(11(13)14)2-3-10(8)7-12/h2-6,15H,7H2,1H3,(H,13,14). The zero-order valence-electron chi connectivity index (χ0n) is 8.40. The smallest absolute Gasteiger partial charge is 0.335 e. The average molecular weight is 204 g/mol. The molecule has 1 aromatic rings. The molecule has 1 aromatic carbocycles. The van der Waals surface area contributed by atoms with E-state index >= 15 is 0 Å². The number of aromatic carboxylic acids is 1. The highest BCUT2D eigenvalue weighted by atomic mass is 16.4. The van der Waals surface area contributed by atoms with E-state index in [0.29, 0.717) is 6.42 Å². The van der Waals surface area contributed by atoms with Crippen LogP contribution >= 0.6 is 0 Å². The fourth-order valence-corrected chi connectivity index (χ4v) is 1.76. The van der Waals surface area contributed by atoms with E-state index in [-0.39, 0.29) is 5.56 Å². The molecular formula is C12H12O3. The minimum Gasteiger partial charge on any atom is -0.478 e. The van der Waals surface area contributed by atoms with E-state index in [0.717, 1.165) is 11.1 Å². The molecule has 0 heterocycles. The van der Waals surface area contributed by atoms with E-state index < -0.39 is 11.6 Å². The van der Waals surface area contributed by atoms with Crippen molar-refractivity contribution in [2.75, 3.05) is 0 Å². The molecule has 0 spiro atoms. The van der Waals surface area contributed by atoms with Gasteiger partial charge in [-0.05, 0) is 30.2 Å². The third-order valence-electron chi connectivity index (χ3n) is 2.56. The first-order chi connectivity index (χ1) is 6.98. The molecule has 1 aliphatic carbocycles. The van der Waals surface area contributed by atoms with Crippen LogP contribution in [0.5, 0.6) is 0 Å².